The first-order valence-electron chi connectivity index (χ1n) is 5.33. The number of carbonyl (C=O) groups is 2. The van der Waals surface area contributed by atoms with Crippen molar-refractivity contribution in [1.82, 2.24) is 0 Å². The van der Waals surface area contributed by atoms with E-state index in [1.807, 2.05) is 0 Å². The lowest BCUT2D eigenvalue weighted by Gasteiger charge is -2.01. The van der Waals surface area contributed by atoms with Crippen LogP contribution >= 0.6 is 0 Å². The smallest absolute Gasteiger partial charge is 0.373 e. The molecule has 0 aliphatic carbocycles. The fraction of sp³-hybridized carbons (Fsp3) is 0.231. The molecule has 94 valence electrons. The van der Waals surface area contributed by atoms with Crippen LogP contribution in [0.4, 0.5) is 0 Å². The van der Waals surface area contributed by atoms with Crippen molar-refractivity contribution in [2.45, 2.75) is 13.5 Å². The minimum atomic E-state index is -0.605. The summed E-state index contributed by atoms with van der Waals surface area (Å²) in [4.78, 5) is 22.9. The third kappa shape index (κ3) is 2.00. The van der Waals surface area contributed by atoms with E-state index in [-0.39, 0.29) is 18.2 Å². The van der Waals surface area contributed by atoms with E-state index in [2.05, 4.69) is 4.74 Å². The molecular weight excluding hydrogens is 236 g/mol. The largest absolute Gasteiger partial charge is 0.463 e. The Morgan fingerprint density at radius 1 is 1.33 bits per heavy atom. The van der Waals surface area contributed by atoms with Crippen molar-refractivity contribution >= 4 is 22.7 Å². The van der Waals surface area contributed by atoms with Gasteiger partial charge in [0.15, 0.2) is 5.78 Å². The Balaban J connectivity index is 2.70. The molecule has 0 aliphatic heterocycles. The number of aliphatic hydroxyl groups is 1. The van der Waals surface area contributed by atoms with Gasteiger partial charge in [0.1, 0.15) is 5.58 Å². The van der Waals surface area contributed by atoms with Gasteiger partial charge in [-0.1, -0.05) is 0 Å². The van der Waals surface area contributed by atoms with Crippen LogP contribution in [0.25, 0.3) is 11.0 Å². The molecule has 0 radical (unpaired) electrons. The molecule has 5 nitrogen and oxygen atoms in total. The first kappa shape index (κ1) is 12.3. The van der Waals surface area contributed by atoms with Crippen molar-refractivity contribution in [3.8, 4) is 0 Å². The standard InChI is InChI=1S/C13H12O5/c1-7(15)10-4-8(6-14)3-9-5-11(13(16)17-2)18-12(9)10/h3-5,14H,6H2,1-2H3. The van der Waals surface area contributed by atoms with E-state index in [0.29, 0.717) is 22.1 Å². The van der Waals surface area contributed by atoms with Crippen LogP contribution in [-0.2, 0) is 11.3 Å². The number of ether oxygens (including phenoxy) is 1. The van der Waals surface area contributed by atoms with Gasteiger partial charge in [-0.2, -0.15) is 0 Å². The number of carbonyl (C=O) groups excluding carboxylic acids is 2. The molecule has 0 saturated heterocycles. The number of ketones is 1. The second-order valence-corrected chi connectivity index (χ2v) is 3.88. The van der Waals surface area contributed by atoms with E-state index in [4.69, 9.17) is 9.52 Å². The molecule has 2 rings (SSSR count). The van der Waals surface area contributed by atoms with Crippen molar-refractivity contribution in [3.05, 3.63) is 35.1 Å². The van der Waals surface area contributed by atoms with Gasteiger partial charge in [-0.15, -0.1) is 0 Å². The highest BCUT2D eigenvalue weighted by atomic mass is 16.5. The molecule has 0 saturated carbocycles. The summed E-state index contributed by atoms with van der Waals surface area (Å²) in [5, 5.41) is 9.72. The molecule has 0 atom stereocenters. The molecule has 1 heterocycles. The molecule has 5 heteroatoms. The summed E-state index contributed by atoms with van der Waals surface area (Å²) < 4.78 is 9.89. The molecule has 1 aromatic carbocycles. The minimum Gasteiger partial charge on any atom is -0.463 e. The zero-order chi connectivity index (χ0) is 13.3. The topological polar surface area (TPSA) is 76.7 Å². The van der Waals surface area contributed by atoms with E-state index >= 15 is 0 Å². The van der Waals surface area contributed by atoms with Crippen molar-refractivity contribution in [2.75, 3.05) is 7.11 Å². The Morgan fingerprint density at radius 2 is 2.06 bits per heavy atom. The second kappa shape index (κ2) is 4.62. The van der Waals surface area contributed by atoms with Crippen molar-refractivity contribution < 1.29 is 23.8 Å². The van der Waals surface area contributed by atoms with Crippen LogP contribution in [0, 0.1) is 0 Å². The third-order valence-electron chi connectivity index (χ3n) is 2.62. The highest BCUT2D eigenvalue weighted by Crippen LogP contribution is 2.26. The molecule has 18 heavy (non-hydrogen) atoms. The lowest BCUT2D eigenvalue weighted by molar-refractivity contribution is 0.0567. The molecule has 0 fully saturated rings. The minimum absolute atomic E-state index is 0.0325. The van der Waals surface area contributed by atoms with E-state index in [1.165, 1.54) is 20.1 Å². The Kier molecular flexibility index (Phi) is 3.16. The zero-order valence-corrected chi connectivity index (χ0v) is 10.0. The quantitative estimate of drug-likeness (QED) is 0.663. The van der Waals surface area contributed by atoms with Crippen LogP contribution in [0.2, 0.25) is 0 Å². The number of fused-ring (bicyclic) bond motifs is 1. The SMILES string of the molecule is COC(=O)c1cc2cc(CO)cc(C(C)=O)c2o1. The van der Waals surface area contributed by atoms with Gasteiger partial charge in [0.2, 0.25) is 5.76 Å². The number of aliphatic hydroxyl groups excluding tert-OH is 1. The van der Waals surface area contributed by atoms with Crippen molar-refractivity contribution in [1.29, 1.82) is 0 Å². The summed E-state index contributed by atoms with van der Waals surface area (Å²) in [5.41, 5.74) is 1.26. The highest BCUT2D eigenvalue weighted by molar-refractivity contribution is 6.06. The highest BCUT2D eigenvalue weighted by Gasteiger charge is 2.17. The van der Waals surface area contributed by atoms with E-state index in [0.717, 1.165) is 0 Å². The summed E-state index contributed by atoms with van der Waals surface area (Å²) in [6.07, 6.45) is 0. The fourth-order valence-corrected chi connectivity index (χ4v) is 1.77. The normalized spacial score (nSPS) is 10.6. The number of rotatable bonds is 3. The molecule has 2 aromatic rings. The number of hydrogen-bond acceptors (Lipinski definition) is 5. The number of esters is 1. The van der Waals surface area contributed by atoms with Gasteiger partial charge in [0.25, 0.3) is 0 Å². The van der Waals surface area contributed by atoms with Crippen LogP contribution < -0.4 is 0 Å². The predicted molar refractivity (Wildman–Crippen MR) is 63.5 cm³/mol. The molecule has 0 unspecified atom stereocenters. The number of hydrogen-bond donors (Lipinski definition) is 1. The summed E-state index contributed by atoms with van der Waals surface area (Å²) in [6.45, 7) is 1.21. The summed E-state index contributed by atoms with van der Waals surface area (Å²) in [7, 11) is 1.25. The van der Waals surface area contributed by atoms with Crippen molar-refractivity contribution in [3.63, 3.8) is 0 Å². The maximum absolute atomic E-state index is 11.5. The average Bonchev–Trinajstić information content (AvgIpc) is 2.79. The van der Waals surface area contributed by atoms with Gasteiger partial charge in [0.05, 0.1) is 19.3 Å². The molecular formula is C13H12O5. The lowest BCUT2D eigenvalue weighted by atomic mass is 10.0. The number of Topliss-reactive ketones (excluding diaryl/α,β-unsaturated/α-hetero) is 1. The van der Waals surface area contributed by atoms with Gasteiger partial charge < -0.3 is 14.3 Å². The Morgan fingerprint density at radius 3 is 2.61 bits per heavy atom. The Bertz CT molecular complexity index is 624. The van der Waals surface area contributed by atoms with Gasteiger partial charge in [-0.05, 0) is 30.7 Å². The Labute approximate surface area is 103 Å². The van der Waals surface area contributed by atoms with Gasteiger partial charge >= 0.3 is 5.97 Å². The lowest BCUT2D eigenvalue weighted by Crippen LogP contribution is -1.98. The summed E-state index contributed by atoms with van der Waals surface area (Å²) in [6, 6.07) is 4.71. The van der Waals surface area contributed by atoms with E-state index < -0.39 is 5.97 Å². The van der Waals surface area contributed by atoms with Crippen LogP contribution in [-0.4, -0.2) is 24.0 Å². The molecule has 0 spiro atoms. The summed E-state index contributed by atoms with van der Waals surface area (Å²) >= 11 is 0. The number of furan rings is 1. The number of methoxy groups -OCH3 is 1. The monoisotopic (exact) mass is 248 g/mol. The average molecular weight is 248 g/mol. The third-order valence-corrected chi connectivity index (χ3v) is 2.62. The van der Waals surface area contributed by atoms with Crippen LogP contribution in [0.1, 0.15) is 33.4 Å². The molecule has 1 aromatic heterocycles. The fourth-order valence-electron chi connectivity index (χ4n) is 1.77. The van der Waals surface area contributed by atoms with Crippen molar-refractivity contribution in [2.24, 2.45) is 0 Å². The maximum atomic E-state index is 11.5. The van der Waals surface area contributed by atoms with Gasteiger partial charge in [0, 0.05) is 5.39 Å². The first-order chi connectivity index (χ1) is 8.56. The predicted octanol–water partition coefficient (Wildman–Crippen LogP) is 1.91. The maximum Gasteiger partial charge on any atom is 0.373 e. The van der Waals surface area contributed by atoms with Crippen LogP contribution in [0.15, 0.2) is 22.6 Å². The molecule has 0 amide bonds. The van der Waals surface area contributed by atoms with E-state index in [9.17, 15) is 9.59 Å². The van der Waals surface area contributed by atoms with E-state index in [1.54, 1.807) is 12.1 Å². The molecule has 0 bridgehead atoms. The molecule has 0 aliphatic rings. The van der Waals surface area contributed by atoms with Crippen LogP contribution in [0.5, 0.6) is 0 Å². The van der Waals surface area contributed by atoms with Gasteiger partial charge in [-0.25, -0.2) is 4.79 Å². The Hall–Kier alpha value is -2.14. The summed E-state index contributed by atoms with van der Waals surface area (Å²) in [5.74, 6) is -0.766. The van der Waals surface area contributed by atoms with Crippen LogP contribution in [0.3, 0.4) is 0 Å². The second-order valence-electron chi connectivity index (χ2n) is 3.88. The number of benzene rings is 1. The molecule has 1 N–H and O–H groups in total. The first-order valence-corrected chi connectivity index (χ1v) is 5.33. The zero-order valence-electron chi connectivity index (χ0n) is 10.0. The van der Waals surface area contributed by atoms with Gasteiger partial charge in [-0.3, -0.25) is 4.79 Å².